The van der Waals surface area contributed by atoms with Crippen molar-refractivity contribution in [2.75, 3.05) is 0 Å². The summed E-state index contributed by atoms with van der Waals surface area (Å²) in [5.74, 6) is 0. The van der Waals surface area contributed by atoms with Crippen LogP contribution in [0.25, 0.3) is 0 Å². The minimum absolute atomic E-state index is 0.172. The molecule has 13 heavy (non-hydrogen) atoms. The SMILES string of the molecule is CC1(C)CCCC(Br)([N+](=O)[O-])CC1. The van der Waals surface area contributed by atoms with Crippen molar-refractivity contribution in [2.24, 2.45) is 5.41 Å². The lowest BCUT2D eigenvalue weighted by Gasteiger charge is -2.21. The van der Waals surface area contributed by atoms with Gasteiger partial charge in [0.2, 0.25) is 0 Å². The van der Waals surface area contributed by atoms with Gasteiger partial charge in [0.05, 0.1) is 0 Å². The summed E-state index contributed by atoms with van der Waals surface area (Å²) >= 11 is 3.26. The molecular formula is C9H16BrNO2. The highest BCUT2D eigenvalue weighted by molar-refractivity contribution is 9.10. The summed E-state index contributed by atoms with van der Waals surface area (Å²) in [6.07, 6.45) is 4.27. The molecule has 1 rings (SSSR count). The second-order valence-corrected chi connectivity index (χ2v) is 6.17. The van der Waals surface area contributed by atoms with Crippen LogP contribution in [0, 0.1) is 15.5 Å². The Balaban J connectivity index is 2.69. The summed E-state index contributed by atoms with van der Waals surface area (Å²) in [5, 5.41) is 10.8. The first-order valence-corrected chi connectivity index (χ1v) is 5.48. The van der Waals surface area contributed by atoms with E-state index in [-0.39, 0.29) is 10.3 Å². The van der Waals surface area contributed by atoms with E-state index in [2.05, 4.69) is 29.8 Å². The van der Waals surface area contributed by atoms with E-state index >= 15 is 0 Å². The number of rotatable bonds is 1. The third-order valence-corrected chi connectivity index (χ3v) is 4.01. The first-order valence-electron chi connectivity index (χ1n) is 4.69. The molecule has 0 radical (unpaired) electrons. The van der Waals surface area contributed by atoms with Gasteiger partial charge in [-0.3, -0.25) is 10.1 Å². The molecule has 1 aliphatic carbocycles. The van der Waals surface area contributed by atoms with Crippen LogP contribution in [0.5, 0.6) is 0 Å². The van der Waals surface area contributed by atoms with Gasteiger partial charge in [0.25, 0.3) is 4.45 Å². The Bertz CT molecular complexity index is 218. The van der Waals surface area contributed by atoms with Gasteiger partial charge in [0.1, 0.15) is 0 Å². The van der Waals surface area contributed by atoms with Crippen molar-refractivity contribution in [1.29, 1.82) is 0 Å². The highest BCUT2D eigenvalue weighted by Crippen LogP contribution is 2.42. The fraction of sp³-hybridized carbons (Fsp3) is 1.00. The van der Waals surface area contributed by atoms with Crippen molar-refractivity contribution in [2.45, 2.75) is 50.4 Å². The molecule has 1 saturated carbocycles. The van der Waals surface area contributed by atoms with Crippen LogP contribution in [-0.2, 0) is 0 Å². The van der Waals surface area contributed by atoms with E-state index < -0.39 is 4.45 Å². The Kier molecular flexibility index (Phi) is 3.00. The number of nitrogens with zero attached hydrogens (tertiary/aromatic N) is 1. The molecule has 0 aromatic rings. The summed E-state index contributed by atoms with van der Waals surface area (Å²) < 4.78 is -0.846. The van der Waals surface area contributed by atoms with Gasteiger partial charge in [-0.05, 0) is 24.7 Å². The van der Waals surface area contributed by atoms with E-state index in [1.54, 1.807) is 0 Å². The van der Waals surface area contributed by atoms with Gasteiger partial charge in [-0.2, -0.15) is 0 Å². The average Bonchev–Trinajstić information content (AvgIpc) is 2.12. The molecule has 0 aliphatic heterocycles. The Labute approximate surface area is 87.2 Å². The van der Waals surface area contributed by atoms with Crippen LogP contribution < -0.4 is 0 Å². The lowest BCUT2D eigenvalue weighted by molar-refractivity contribution is -0.537. The van der Waals surface area contributed by atoms with E-state index in [9.17, 15) is 10.1 Å². The smallest absolute Gasteiger partial charge is 0.263 e. The van der Waals surface area contributed by atoms with Crippen molar-refractivity contribution >= 4 is 15.9 Å². The predicted octanol–water partition coefficient (Wildman–Crippen LogP) is 3.34. The molecule has 1 fully saturated rings. The average molecular weight is 250 g/mol. The lowest BCUT2D eigenvalue weighted by atomic mass is 9.85. The van der Waals surface area contributed by atoms with Crippen molar-refractivity contribution in [3.05, 3.63) is 10.1 Å². The molecular weight excluding hydrogens is 234 g/mol. The highest BCUT2D eigenvalue weighted by atomic mass is 79.9. The number of nitro groups is 1. The molecule has 1 atom stereocenters. The number of alkyl halides is 1. The summed E-state index contributed by atoms with van der Waals surface area (Å²) in [4.78, 5) is 10.6. The first kappa shape index (κ1) is 11.0. The molecule has 0 bridgehead atoms. The van der Waals surface area contributed by atoms with Gasteiger partial charge in [0, 0.05) is 33.7 Å². The maximum atomic E-state index is 10.8. The van der Waals surface area contributed by atoms with E-state index in [0.29, 0.717) is 12.8 Å². The second-order valence-electron chi connectivity index (χ2n) is 4.69. The van der Waals surface area contributed by atoms with Crippen LogP contribution in [0.2, 0.25) is 0 Å². The predicted molar refractivity (Wildman–Crippen MR) is 55.5 cm³/mol. The first-order chi connectivity index (χ1) is 5.86. The Morgan fingerprint density at radius 1 is 1.23 bits per heavy atom. The van der Waals surface area contributed by atoms with Crippen LogP contribution in [0.15, 0.2) is 0 Å². The third kappa shape index (κ3) is 2.66. The van der Waals surface area contributed by atoms with Crippen molar-refractivity contribution in [3.8, 4) is 0 Å². The van der Waals surface area contributed by atoms with E-state index in [0.717, 1.165) is 19.3 Å². The molecule has 0 saturated heterocycles. The Morgan fingerprint density at radius 2 is 1.85 bits per heavy atom. The maximum Gasteiger partial charge on any atom is 0.274 e. The largest absolute Gasteiger partial charge is 0.274 e. The maximum absolute atomic E-state index is 10.8. The molecule has 1 aliphatic rings. The standard InChI is InChI=1S/C9H16BrNO2/c1-8(2)4-3-5-9(10,7-6-8)11(12)13/h3-7H2,1-2H3. The number of halogens is 1. The number of hydrogen-bond donors (Lipinski definition) is 0. The van der Waals surface area contributed by atoms with Gasteiger partial charge >= 0.3 is 0 Å². The van der Waals surface area contributed by atoms with Crippen LogP contribution in [0.1, 0.15) is 46.0 Å². The fourth-order valence-electron chi connectivity index (χ4n) is 1.80. The van der Waals surface area contributed by atoms with Gasteiger partial charge in [-0.25, -0.2) is 0 Å². The molecule has 3 nitrogen and oxygen atoms in total. The zero-order chi connectivity index (χ0) is 10.1. The number of hydrogen-bond acceptors (Lipinski definition) is 2. The molecule has 0 spiro atoms. The zero-order valence-electron chi connectivity index (χ0n) is 8.18. The Hall–Kier alpha value is -0.120. The summed E-state index contributed by atoms with van der Waals surface area (Å²) in [7, 11) is 0. The van der Waals surface area contributed by atoms with Gasteiger partial charge in [0.15, 0.2) is 0 Å². The van der Waals surface area contributed by atoms with Crippen LogP contribution >= 0.6 is 15.9 Å². The minimum Gasteiger partial charge on any atom is -0.263 e. The van der Waals surface area contributed by atoms with Crippen LogP contribution in [0.4, 0.5) is 0 Å². The topological polar surface area (TPSA) is 43.1 Å². The summed E-state index contributed by atoms with van der Waals surface area (Å²) in [5.41, 5.74) is 0.269. The van der Waals surface area contributed by atoms with Gasteiger partial charge < -0.3 is 0 Å². The molecule has 0 heterocycles. The highest BCUT2D eigenvalue weighted by Gasteiger charge is 2.42. The van der Waals surface area contributed by atoms with Gasteiger partial charge in [-0.1, -0.05) is 13.8 Å². The van der Waals surface area contributed by atoms with E-state index in [1.807, 2.05) is 0 Å². The molecule has 0 aromatic heterocycles. The fourth-order valence-corrected chi connectivity index (χ4v) is 2.28. The lowest BCUT2D eigenvalue weighted by Crippen LogP contribution is -2.30. The molecule has 0 N–H and O–H groups in total. The van der Waals surface area contributed by atoms with Gasteiger partial charge in [-0.15, -0.1) is 0 Å². The quantitative estimate of drug-likeness (QED) is 0.235. The summed E-state index contributed by atoms with van der Waals surface area (Å²) in [6, 6.07) is 0. The monoisotopic (exact) mass is 249 g/mol. The molecule has 0 amide bonds. The third-order valence-electron chi connectivity index (χ3n) is 2.93. The molecule has 76 valence electrons. The van der Waals surface area contributed by atoms with Crippen LogP contribution in [0.3, 0.4) is 0 Å². The minimum atomic E-state index is -0.846. The second kappa shape index (κ2) is 3.56. The van der Waals surface area contributed by atoms with E-state index in [4.69, 9.17) is 0 Å². The normalized spacial score (nSPS) is 33.8. The Morgan fingerprint density at radius 3 is 2.38 bits per heavy atom. The van der Waals surface area contributed by atoms with Crippen molar-refractivity contribution in [3.63, 3.8) is 0 Å². The van der Waals surface area contributed by atoms with Crippen molar-refractivity contribution < 1.29 is 4.92 Å². The van der Waals surface area contributed by atoms with E-state index in [1.165, 1.54) is 0 Å². The molecule has 0 aromatic carbocycles. The van der Waals surface area contributed by atoms with Crippen LogP contribution in [-0.4, -0.2) is 9.37 Å². The zero-order valence-corrected chi connectivity index (χ0v) is 9.76. The summed E-state index contributed by atoms with van der Waals surface area (Å²) in [6.45, 7) is 4.37. The van der Waals surface area contributed by atoms with Crippen molar-refractivity contribution in [1.82, 2.24) is 0 Å². The molecule has 1 unspecified atom stereocenters. The molecule has 4 heteroatoms.